The first-order valence-electron chi connectivity index (χ1n) is 7.89. The molecule has 0 N–H and O–H groups in total. The minimum Gasteiger partial charge on any atom is -0.462 e. The lowest BCUT2D eigenvalue weighted by Crippen LogP contribution is -2.26. The van der Waals surface area contributed by atoms with Crippen molar-refractivity contribution in [3.05, 3.63) is 73.2 Å². The number of non-ortho nitro benzene ring substituents is 1. The molecule has 1 amide bonds. The first-order valence-corrected chi connectivity index (χ1v) is 8.64. The number of nitro benzene ring substituents is 1. The maximum absolute atomic E-state index is 12.7. The number of carbonyl (C=O) groups is 2. The van der Waals surface area contributed by atoms with Gasteiger partial charge in [-0.25, -0.2) is 4.79 Å². The molecule has 0 aliphatic heterocycles. The lowest BCUT2D eigenvalue weighted by atomic mass is 10.1. The van der Waals surface area contributed by atoms with Crippen molar-refractivity contribution in [2.24, 2.45) is 0 Å². The van der Waals surface area contributed by atoms with E-state index in [0.29, 0.717) is 10.0 Å². The van der Waals surface area contributed by atoms with Crippen molar-refractivity contribution < 1.29 is 19.2 Å². The molecule has 0 spiro atoms. The van der Waals surface area contributed by atoms with Crippen LogP contribution in [-0.4, -0.2) is 35.4 Å². The smallest absolute Gasteiger partial charge is 0.338 e. The van der Waals surface area contributed by atoms with Gasteiger partial charge in [0, 0.05) is 31.3 Å². The molecule has 2 rings (SSSR count). The van der Waals surface area contributed by atoms with Crippen LogP contribution in [0.15, 0.2) is 36.4 Å². The molecule has 7 nitrogen and oxygen atoms in total. The fourth-order valence-electron chi connectivity index (χ4n) is 2.38. The molecule has 9 heteroatoms. The quantitative estimate of drug-likeness (QED) is 0.401. The molecule has 0 aromatic heterocycles. The summed E-state index contributed by atoms with van der Waals surface area (Å²) >= 11 is 11.8. The summed E-state index contributed by atoms with van der Waals surface area (Å²) < 4.78 is 4.86. The highest BCUT2D eigenvalue weighted by Gasteiger charge is 2.21. The van der Waals surface area contributed by atoms with Crippen LogP contribution >= 0.6 is 23.2 Å². The van der Waals surface area contributed by atoms with Crippen LogP contribution in [0.4, 0.5) is 5.69 Å². The first kappa shape index (κ1) is 20.7. The lowest BCUT2D eigenvalue weighted by Gasteiger charge is -2.18. The topological polar surface area (TPSA) is 89.8 Å². The minimum atomic E-state index is -0.734. The van der Waals surface area contributed by atoms with Crippen LogP contribution in [0, 0.1) is 10.1 Å². The summed E-state index contributed by atoms with van der Waals surface area (Å²) in [6.07, 6.45) is 0. The molecule has 0 fully saturated rings. The fourth-order valence-corrected chi connectivity index (χ4v) is 2.70. The largest absolute Gasteiger partial charge is 0.462 e. The van der Waals surface area contributed by atoms with Crippen LogP contribution in [0.2, 0.25) is 10.0 Å². The van der Waals surface area contributed by atoms with Crippen molar-refractivity contribution in [1.29, 1.82) is 0 Å². The van der Waals surface area contributed by atoms with Crippen LogP contribution in [-0.2, 0) is 11.3 Å². The summed E-state index contributed by atoms with van der Waals surface area (Å²) in [5.74, 6) is -1.22. The average Bonchev–Trinajstić information content (AvgIpc) is 2.63. The maximum Gasteiger partial charge on any atom is 0.338 e. The number of amides is 1. The van der Waals surface area contributed by atoms with Gasteiger partial charge in [0.15, 0.2) is 0 Å². The third-order valence-electron chi connectivity index (χ3n) is 3.64. The highest BCUT2D eigenvalue weighted by atomic mass is 35.5. The highest BCUT2D eigenvalue weighted by Crippen LogP contribution is 2.24. The second-order valence-electron chi connectivity index (χ2n) is 5.66. The van der Waals surface area contributed by atoms with Crippen LogP contribution in [0.3, 0.4) is 0 Å². The van der Waals surface area contributed by atoms with Gasteiger partial charge in [-0.2, -0.15) is 0 Å². The Labute approximate surface area is 165 Å². The predicted molar refractivity (Wildman–Crippen MR) is 101 cm³/mol. The number of ether oxygens (including phenoxy) is 1. The summed E-state index contributed by atoms with van der Waals surface area (Å²) in [5, 5.41) is 11.9. The third kappa shape index (κ3) is 5.18. The Balaban J connectivity index is 2.31. The van der Waals surface area contributed by atoms with E-state index in [4.69, 9.17) is 27.9 Å². The average molecular weight is 411 g/mol. The van der Waals surface area contributed by atoms with Crippen molar-refractivity contribution in [2.45, 2.75) is 13.5 Å². The highest BCUT2D eigenvalue weighted by molar-refractivity contribution is 6.42. The van der Waals surface area contributed by atoms with Gasteiger partial charge in [0.2, 0.25) is 0 Å². The summed E-state index contributed by atoms with van der Waals surface area (Å²) in [6, 6.07) is 8.44. The Morgan fingerprint density at radius 1 is 1.11 bits per heavy atom. The third-order valence-corrected chi connectivity index (χ3v) is 4.38. The predicted octanol–water partition coefficient (Wildman–Crippen LogP) is 4.35. The molecule has 142 valence electrons. The molecule has 0 heterocycles. The molecule has 0 aliphatic rings. The molecule has 0 saturated heterocycles. The molecular weight excluding hydrogens is 395 g/mol. The number of carbonyl (C=O) groups excluding carboxylic acids is 2. The number of rotatable bonds is 6. The standard InChI is InChI=1S/C18H16Cl2N2O5/c1-3-27-18(24)13-7-12(8-14(9-13)22(25)26)17(23)21(2)10-11-4-5-15(19)16(20)6-11/h4-9H,3,10H2,1-2H3. The summed E-state index contributed by atoms with van der Waals surface area (Å²) in [4.78, 5) is 36.5. The van der Waals surface area contributed by atoms with E-state index in [9.17, 15) is 19.7 Å². The number of nitro groups is 1. The zero-order valence-corrected chi connectivity index (χ0v) is 16.1. The van der Waals surface area contributed by atoms with Crippen LogP contribution in [0.5, 0.6) is 0 Å². The number of nitrogens with zero attached hydrogens (tertiary/aromatic N) is 2. The van der Waals surface area contributed by atoms with E-state index < -0.39 is 16.8 Å². The van der Waals surface area contributed by atoms with Crippen molar-refractivity contribution in [2.75, 3.05) is 13.7 Å². The van der Waals surface area contributed by atoms with E-state index in [1.165, 1.54) is 18.0 Å². The Bertz CT molecular complexity index is 901. The Morgan fingerprint density at radius 2 is 1.78 bits per heavy atom. The Kier molecular flexibility index (Phi) is 6.76. The van der Waals surface area contributed by atoms with Gasteiger partial charge in [0.25, 0.3) is 11.6 Å². The van der Waals surface area contributed by atoms with E-state index in [-0.39, 0.29) is 30.0 Å². The number of hydrogen-bond acceptors (Lipinski definition) is 5. The number of benzene rings is 2. The second kappa shape index (κ2) is 8.83. The summed E-state index contributed by atoms with van der Waals surface area (Å²) in [6.45, 7) is 1.93. The first-order chi connectivity index (χ1) is 12.7. The Morgan fingerprint density at radius 3 is 2.37 bits per heavy atom. The van der Waals surface area contributed by atoms with Gasteiger partial charge in [-0.1, -0.05) is 29.3 Å². The normalized spacial score (nSPS) is 10.4. The summed E-state index contributed by atoms with van der Waals surface area (Å²) in [5.41, 5.74) is 0.315. The van der Waals surface area contributed by atoms with E-state index in [1.54, 1.807) is 25.1 Å². The van der Waals surface area contributed by atoms with Crippen LogP contribution in [0.25, 0.3) is 0 Å². The molecule has 0 aliphatic carbocycles. The molecule has 0 unspecified atom stereocenters. The molecular formula is C18H16Cl2N2O5. The molecule has 2 aromatic carbocycles. The monoisotopic (exact) mass is 410 g/mol. The number of esters is 1. The van der Waals surface area contributed by atoms with E-state index in [0.717, 1.165) is 17.7 Å². The van der Waals surface area contributed by atoms with Crippen molar-refractivity contribution in [3.63, 3.8) is 0 Å². The van der Waals surface area contributed by atoms with Crippen molar-refractivity contribution >= 4 is 40.8 Å². The molecule has 0 radical (unpaired) electrons. The molecule has 0 bridgehead atoms. The van der Waals surface area contributed by atoms with E-state index in [1.807, 2.05) is 0 Å². The van der Waals surface area contributed by atoms with Crippen molar-refractivity contribution in [1.82, 2.24) is 4.90 Å². The van der Waals surface area contributed by atoms with E-state index >= 15 is 0 Å². The zero-order chi connectivity index (χ0) is 20.1. The Hall–Kier alpha value is -2.64. The molecule has 0 saturated carbocycles. The van der Waals surface area contributed by atoms with Crippen molar-refractivity contribution in [3.8, 4) is 0 Å². The van der Waals surface area contributed by atoms with Gasteiger partial charge >= 0.3 is 5.97 Å². The van der Waals surface area contributed by atoms with Gasteiger partial charge in [-0.3, -0.25) is 14.9 Å². The number of halogens is 2. The van der Waals surface area contributed by atoms with Gasteiger partial charge in [-0.15, -0.1) is 0 Å². The molecule has 2 aromatic rings. The summed E-state index contributed by atoms with van der Waals surface area (Å²) in [7, 11) is 1.54. The van der Waals surface area contributed by atoms with Gasteiger partial charge in [0.05, 0.1) is 27.1 Å². The van der Waals surface area contributed by atoms with Crippen LogP contribution in [0.1, 0.15) is 33.2 Å². The van der Waals surface area contributed by atoms with E-state index in [2.05, 4.69) is 0 Å². The molecule has 27 heavy (non-hydrogen) atoms. The van der Waals surface area contributed by atoms with Crippen LogP contribution < -0.4 is 0 Å². The number of hydrogen-bond donors (Lipinski definition) is 0. The zero-order valence-electron chi connectivity index (χ0n) is 14.6. The van der Waals surface area contributed by atoms with Gasteiger partial charge in [0.1, 0.15) is 0 Å². The minimum absolute atomic E-state index is 0.00909. The second-order valence-corrected chi connectivity index (χ2v) is 6.47. The lowest BCUT2D eigenvalue weighted by molar-refractivity contribution is -0.384. The fraction of sp³-hybridized carbons (Fsp3) is 0.222. The van der Waals surface area contributed by atoms with Gasteiger partial charge < -0.3 is 9.64 Å². The molecule has 0 atom stereocenters. The maximum atomic E-state index is 12.7. The van der Waals surface area contributed by atoms with Gasteiger partial charge in [-0.05, 0) is 30.7 Å². The SMILES string of the molecule is CCOC(=O)c1cc(C(=O)N(C)Cc2ccc(Cl)c(Cl)c2)cc([N+](=O)[O-])c1.